The van der Waals surface area contributed by atoms with Gasteiger partial charge in [-0.2, -0.15) is 0 Å². The van der Waals surface area contributed by atoms with Gasteiger partial charge in [-0.15, -0.1) is 0 Å². The molecule has 0 aromatic rings. The predicted octanol–water partition coefficient (Wildman–Crippen LogP) is 2.95. The number of hydrogen-bond donors (Lipinski definition) is 1. The molecule has 0 bridgehead atoms. The van der Waals surface area contributed by atoms with Crippen LogP contribution in [0.2, 0.25) is 0 Å². The van der Waals surface area contributed by atoms with Crippen molar-refractivity contribution < 1.29 is 0 Å². The van der Waals surface area contributed by atoms with Crippen molar-refractivity contribution in [1.82, 2.24) is 5.32 Å². The lowest BCUT2D eigenvalue weighted by molar-refractivity contribution is 0.307. The van der Waals surface area contributed by atoms with Gasteiger partial charge in [-0.1, -0.05) is 20.8 Å². The molecule has 1 heterocycles. The predicted molar refractivity (Wildman–Crippen MR) is 54.3 cm³/mol. The van der Waals surface area contributed by atoms with Crippen LogP contribution in [0.4, 0.5) is 0 Å². The zero-order valence-electron chi connectivity index (χ0n) is 9.20. The van der Waals surface area contributed by atoms with Crippen LogP contribution in [0.1, 0.15) is 53.9 Å². The Bertz CT molecular complexity index is 153. The quantitative estimate of drug-likeness (QED) is 0.636. The molecule has 0 radical (unpaired) electrons. The van der Waals surface area contributed by atoms with E-state index in [1.807, 2.05) is 0 Å². The first-order valence-corrected chi connectivity index (χ1v) is 5.06. The van der Waals surface area contributed by atoms with E-state index in [2.05, 4.69) is 39.9 Å². The number of nitrogens with one attached hydrogen (secondary N) is 1. The molecular weight excluding hydrogens is 146 g/mol. The van der Waals surface area contributed by atoms with Crippen molar-refractivity contribution in [3.05, 3.63) is 0 Å². The topological polar surface area (TPSA) is 12.0 Å². The largest absolute Gasteiger partial charge is 0.309 e. The van der Waals surface area contributed by atoms with E-state index < -0.39 is 0 Å². The second-order valence-corrected chi connectivity index (χ2v) is 6.03. The molecule has 12 heavy (non-hydrogen) atoms. The summed E-state index contributed by atoms with van der Waals surface area (Å²) in [4.78, 5) is 0. The summed E-state index contributed by atoms with van der Waals surface area (Å²) >= 11 is 0. The lowest BCUT2D eigenvalue weighted by Crippen LogP contribution is -2.38. The Kier molecular flexibility index (Phi) is 2.53. The van der Waals surface area contributed by atoms with Crippen LogP contribution < -0.4 is 5.32 Å². The molecule has 0 saturated carbocycles. The molecule has 1 rings (SSSR count). The van der Waals surface area contributed by atoms with Gasteiger partial charge < -0.3 is 5.32 Å². The van der Waals surface area contributed by atoms with Crippen molar-refractivity contribution in [3.8, 4) is 0 Å². The van der Waals surface area contributed by atoms with Gasteiger partial charge in [-0.3, -0.25) is 0 Å². The van der Waals surface area contributed by atoms with Crippen LogP contribution in [0.25, 0.3) is 0 Å². The van der Waals surface area contributed by atoms with Crippen LogP contribution in [0, 0.1) is 5.41 Å². The fourth-order valence-electron chi connectivity index (χ4n) is 2.12. The van der Waals surface area contributed by atoms with Crippen molar-refractivity contribution in [3.63, 3.8) is 0 Å². The van der Waals surface area contributed by atoms with Crippen molar-refractivity contribution in [2.75, 3.05) is 0 Å². The van der Waals surface area contributed by atoms with E-state index in [1.165, 1.54) is 19.3 Å². The van der Waals surface area contributed by atoms with Gasteiger partial charge in [0.25, 0.3) is 0 Å². The highest BCUT2D eigenvalue weighted by molar-refractivity contribution is 4.92. The van der Waals surface area contributed by atoms with Crippen LogP contribution in [-0.2, 0) is 0 Å². The summed E-state index contributed by atoms with van der Waals surface area (Å²) in [6.07, 6.45) is 3.98. The van der Waals surface area contributed by atoms with Gasteiger partial charge >= 0.3 is 0 Å². The Morgan fingerprint density at radius 2 is 1.92 bits per heavy atom. The zero-order valence-corrected chi connectivity index (χ0v) is 9.20. The Labute approximate surface area is 76.9 Å². The maximum absolute atomic E-state index is 3.69. The minimum absolute atomic E-state index is 0.385. The molecule has 1 fully saturated rings. The van der Waals surface area contributed by atoms with Gasteiger partial charge in [0, 0.05) is 11.6 Å². The summed E-state index contributed by atoms with van der Waals surface area (Å²) in [5.41, 5.74) is 0.855. The average Bonchev–Trinajstić information content (AvgIpc) is 2.05. The Morgan fingerprint density at radius 1 is 1.33 bits per heavy atom. The molecule has 1 nitrogen and oxygen atoms in total. The van der Waals surface area contributed by atoms with Crippen LogP contribution in [0.15, 0.2) is 0 Å². The number of rotatable bonds is 1. The van der Waals surface area contributed by atoms with E-state index in [0.29, 0.717) is 11.0 Å². The highest BCUT2D eigenvalue weighted by Crippen LogP contribution is 2.30. The number of hydrogen-bond acceptors (Lipinski definition) is 1. The maximum Gasteiger partial charge on any atom is 0.0128 e. The van der Waals surface area contributed by atoms with Crippen LogP contribution >= 0.6 is 0 Å². The Morgan fingerprint density at radius 3 is 2.25 bits per heavy atom. The molecule has 0 spiro atoms. The molecule has 0 amide bonds. The van der Waals surface area contributed by atoms with E-state index in [-0.39, 0.29) is 0 Å². The standard InChI is InChI=1S/C11H23N/c1-10(2,3)8-9-6-7-11(4,5)12-9/h9,12H,6-8H2,1-5H3/t9-/m0/s1. The summed E-state index contributed by atoms with van der Waals surface area (Å²) in [6.45, 7) is 11.6. The lowest BCUT2D eigenvalue weighted by Gasteiger charge is -2.25. The van der Waals surface area contributed by atoms with Gasteiger partial charge in [0.05, 0.1) is 0 Å². The van der Waals surface area contributed by atoms with Gasteiger partial charge in [0.1, 0.15) is 0 Å². The highest BCUT2D eigenvalue weighted by Gasteiger charge is 2.31. The van der Waals surface area contributed by atoms with E-state index in [9.17, 15) is 0 Å². The molecule has 1 atom stereocenters. The van der Waals surface area contributed by atoms with E-state index >= 15 is 0 Å². The third-order valence-electron chi connectivity index (χ3n) is 2.57. The highest BCUT2D eigenvalue weighted by atomic mass is 15.0. The van der Waals surface area contributed by atoms with Gasteiger partial charge in [-0.25, -0.2) is 0 Å². The Hall–Kier alpha value is -0.0400. The molecule has 0 aromatic heterocycles. The molecule has 1 N–H and O–H groups in total. The first-order valence-electron chi connectivity index (χ1n) is 5.06. The lowest BCUT2D eigenvalue weighted by atomic mass is 9.88. The van der Waals surface area contributed by atoms with Crippen molar-refractivity contribution in [2.24, 2.45) is 5.41 Å². The van der Waals surface area contributed by atoms with Gasteiger partial charge in [0.2, 0.25) is 0 Å². The zero-order chi connectivity index (χ0) is 9.41. The first kappa shape index (κ1) is 10.0. The molecule has 72 valence electrons. The monoisotopic (exact) mass is 169 g/mol. The molecular formula is C11H23N. The third kappa shape index (κ3) is 3.14. The normalized spacial score (nSPS) is 29.2. The SMILES string of the molecule is CC(C)(C)C[C@@H]1CCC(C)(C)N1. The van der Waals surface area contributed by atoms with Gasteiger partial charge in [0.15, 0.2) is 0 Å². The van der Waals surface area contributed by atoms with Crippen LogP contribution in [0.3, 0.4) is 0 Å². The van der Waals surface area contributed by atoms with Crippen molar-refractivity contribution >= 4 is 0 Å². The summed E-state index contributed by atoms with van der Waals surface area (Å²) in [5.74, 6) is 0. The second kappa shape index (κ2) is 3.02. The summed E-state index contributed by atoms with van der Waals surface area (Å²) in [5, 5.41) is 3.69. The summed E-state index contributed by atoms with van der Waals surface area (Å²) in [6, 6.07) is 0.750. The second-order valence-electron chi connectivity index (χ2n) is 6.03. The summed E-state index contributed by atoms with van der Waals surface area (Å²) < 4.78 is 0. The molecule has 1 aliphatic heterocycles. The first-order chi connectivity index (χ1) is 5.29. The van der Waals surface area contributed by atoms with Crippen LogP contribution in [-0.4, -0.2) is 11.6 Å². The van der Waals surface area contributed by atoms with Crippen molar-refractivity contribution in [2.45, 2.75) is 65.5 Å². The molecule has 0 unspecified atom stereocenters. The van der Waals surface area contributed by atoms with E-state index in [0.717, 1.165) is 6.04 Å². The summed E-state index contributed by atoms with van der Waals surface area (Å²) in [7, 11) is 0. The van der Waals surface area contributed by atoms with Crippen LogP contribution in [0.5, 0.6) is 0 Å². The van der Waals surface area contributed by atoms with Crippen molar-refractivity contribution in [1.29, 1.82) is 0 Å². The molecule has 0 aromatic carbocycles. The molecule has 1 heteroatoms. The minimum atomic E-state index is 0.385. The average molecular weight is 169 g/mol. The van der Waals surface area contributed by atoms with E-state index in [1.54, 1.807) is 0 Å². The molecule has 1 aliphatic rings. The molecule has 0 aliphatic carbocycles. The van der Waals surface area contributed by atoms with E-state index in [4.69, 9.17) is 0 Å². The van der Waals surface area contributed by atoms with Gasteiger partial charge in [-0.05, 0) is 38.5 Å². The fraction of sp³-hybridized carbons (Fsp3) is 1.00. The third-order valence-corrected chi connectivity index (χ3v) is 2.57. The fourth-order valence-corrected chi connectivity index (χ4v) is 2.12. The Balaban J connectivity index is 2.39. The molecule has 1 saturated heterocycles. The smallest absolute Gasteiger partial charge is 0.0128 e. The maximum atomic E-state index is 3.69. The minimum Gasteiger partial charge on any atom is -0.309 e.